The predicted octanol–water partition coefficient (Wildman–Crippen LogP) is 1.30. The smallest absolute Gasteiger partial charge is 0.230 e. The minimum absolute atomic E-state index is 0.00926. The first-order valence-electron chi connectivity index (χ1n) is 4.56. The molecule has 1 rings (SSSR count). The van der Waals surface area contributed by atoms with E-state index in [4.69, 9.17) is 5.21 Å². The van der Waals surface area contributed by atoms with Gasteiger partial charge in [-0.1, -0.05) is 12.1 Å². The maximum absolute atomic E-state index is 11.6. The van der Waals surface area contributed by atoms with Crippen molar-refractivity contribution in [1.82, 2.24) is 5.32 Å². The Morgan fingerprint density at radius 3 is 2.50 bits per heavy atom. The van der Waals surface area contributed by atoms with Gasteiger partial charge in [0.15, 0.2) is 0 Å². The van der Waals surface area contributed by atoms with Gasteiger partial charge in [0.1, 0.15) is 5.04 Å². The van der Waals surface area contributed by atoms with E-state index in [1.807, 2.05) is 13.2 Å². The molecule has 1 fully saturated rings. The van der Waals surface area contributed by atoms with Crippen molar-refractivity contribution < 1.29 is 10.0 Å². The van der Waals surface area contributed by atoms with Gasteiger partial charge >= 0.3 is 0 Å². The van der Waals surface area contributed by atoms with Crippen LogP contribution < -0.4 is 5.32 Å². The minimum atomic E-state index is -0.299. The van der Waals surface area contributed by atoms with Crippen LogP contribution in [0.3, 0.4) is 0 Å². The van der Waals surface area contributed by atoms with E-state index < -0.39 is 0 Å². The van der Waals surface area contributed by atoms with Crippen LogP contribution in [0.15, 0.2) is 5.16 Å². The van der Waals surface area contributed by atoms with Crippen molar-refractivity contribution in [2.45, 2.75) is 19.8 Å². The number of rotatable bonds is 3. The predicted molar refractivity (Wildman–Crippen MR) is 57.6 cm³/mol. The highest BCUT2D eigenvalue weighted by molar-refractivity contribution is 8.13. The Balaban J connectivity index is 2.87. The van der Waals surface area contributed by atoms with Gasteiger partial charge in [0.2, 0.25) is 5.91 Å². The number of thioether (sulfide) groups is 1. The topological polar surface area (TPSA) is 61.7 Å². The van der Waals surface area contributed by atoms with Crippen LogP contribution in [0.2, 0.25) is 0 Å². The molecule has 1 saturated carbocycles. The molecule has 0 radical (unpaired) electrons. The van der Waals surface area contributed by atoms with Crippen molar-refractivity contribution in [3.63, 3.8) is 0 Å². The molecule has 1 unspecified atom stereocenters. The van der Waals surface area contributed by atoms with Gasteiger partial charge in [0.25, 0.3) is 0 Å². The molecule has 1 aliphatic carbocycles. The van der Waals surface area contributed by atoms with Gasteiger partial charge in [0, 0.05) is 7.05 Å². The second-order valence-corrected chi connectivity index (χ2v) is 4.67. The molecule has 0 saturated heterocycles. The molecule has 0 bridgehead atoms. The van der Waals surface area contributed by atoms with E-state index in [0.717, 1.165) is 12.8 Å². The summed E-state index contributed by atoms with van der Waals surface area (Å²) in [5.74, 6) is -0.361. The lowest BCUT2D eigenvalue weighted by molar-refractivity contribution is -0.124. The molecule has 0 aromatic heterocycles. The second kappa shape index (κ2) is 4.21. The zero-order valence-electron chi connectivity index (χ0n) is 8.70. The maximum atomic E-state index is 11.6. The van der Waals surface area contributed by atoms with Crippen molar-refractivity contribution in [1.29, 1.82) is 0 Å². The lowest BCUT2D eigenvalue weighted by Gasteiger charge is -2.21. The van der Waals surface area contributed by atoms with Crippen LogP contribution in [-0.4, -0.2) is 29.5 Å². The minimum Gasteiger partial charge on any atom is -0.410 e. The molecule has 0 aliphatic heterocycles. The Labute approximate surface area is 88.1 Å². The van der Waals surface area contributed by atoms with Crippen LogP contribution in [0.1, 0.15) is 19.8 Å². The third kappa shape index (κ3) is 2.03. The van der Waals surface area contributed by atoms with Crippen LogP contribution in [0.25, 0.3) is 0 Å². The molecule has 0 heterocycles. The zero-order valence-corrected chi connectivity index (χ0v) is 9.52. The fourth-order valence-electron chi connectivity index (χ4n) is 1.57. The molecular formula is C9H16N2O2S. The van der Waals surface area contributed by atoms with Gasteiger partial charge in [0.05, 0.1) is 5.92 Å². The molecule has 0 spiro atoms. The van der Waals surface area contributed by atoms with Gasteiger partial charge in [-0.05, 0) is 24.5 Å². The average Bonchev–Trinajstić information content (AvgIpc) is 2.92. The number of carbonyl (C=O) groups excluding carboxylic acids is 1. The first-order chi connectivity index (χ1) is 6.59. The Kier molecular flexibility index (Phi) is 3.42. The molecule has 1 aliphatic rings. The van der Waals surface area contributed by atoms with Crippen molar-refractivity contribution in [3.8, 4) is 0 Å². The molecule has 2 N–H and O–H groups in total. The normalized spacial score (nSPS) is 21.5. The Hall–Kier alpha value is -0.710. The number of hydrogen-bond acceptors (Lipinski definition) is 4. The van der Waals surface area contributed by atoms with Crippen LogP contribution in [-0.2, 0) is 4.79 Å². The van der Waals surface area contributed by atoms with Gasteiger partial charge < -0.3 is 10.5 Å². The molecule has 1 amide bonds. The Morgan fingerprint density at radius 2 is 2.21 bits per heavy atom. The zero-order chi connectivity index (χ0) is 10.8. The fourth-order valence-corrected chi connectivity index (χ4v) is 2.28. The number of oxime groups is 1. The van der Waals surface area contributed by atoms with Gasteiger partial charge in [-0.3, -0.25) is 4.79 Å². The number of carbonyl (C=O) groups is 1. The first kappa shape index (κ1) is 11.4. The van der Waals surface area contributed by atoms with E-state index >= 15 is 0 Å². The number of nitrogens with zero attached hydrogens (tertiary/aromatic N) is 1. The highest BCUT2D eigenvalue weighted by Crippen LogP contribution is 2.52. The summed E-state index contributed by atoms with van der Waals surface area (Å²) in [6.07, 6.45) is 3.85. The summed E-state index contributed by atoms with van der Waals surface area (Å²) in [6, 6.07) is 0. The van der Waals surface area contributed by atoms with E-state index in [1.54, 1.807) is 7.05 Å². The van der Waals surface area contributed by atoms with Gasteiger partial charge in [-0.25, -0.2) is 0 Å². The third-order valence-electron chi connectivity index (χ3n) is 2.80. The largest absolute Gasteiger partial charge is 0.410 e. The van der Waals surface area contributed by atoms with E-state index in [1.165, 1.54) is 11.8 Å². The van der Waals surface area contributed by atoms with Crippen molar-refractivity contribution >= 4 is 22.7 Å². The summed E-state index contributed by atoms with van der Waals surface area (Å²) in [4.78, 5) is 11.6. The number of amides is 1. The maximum Gasteiger partial charge on any atom is 0.230 e. The lowest BCUT2D eigenvalue weighted by atomic mass is 9.91. The lowest BCUT2D eigenvalue weighted by Crippen LogP contribution is -2.37. The van der Waals surface area contributed by atoms with Crippen LogP contribution in [0.4, 0.5) is 0 Å². The van der Waals surface area contributed by atoms with Crippen LogP contribution in [0, 0.1) is 11.3 Å². The van der Waals surface area contributed by atoms with E-state index in [0.29, 0.717) is 5.04 Å². The first-order valence-corrected chi connectivity index (χ1v) is 5.79. The Bertz CT molecular complexity index is 262. The number of nitrogens with one attached hydrogen (secondary N) is 1. The molecule has 5 heteroatoms. The second-order valence-electron chi connectivity index (χ2n) is 3.84. The highest BCUT2D eigenvalue weighted by Gasteiger charge is 2.50. The molecule has 14 heavy (non-hydrogen) atoms. The van der Waals surface area contributed by atoms with Crippen LogP contribution in [0.5, 0.6) is 0 Å². The Morgan fingerprint density at radius 1 is 1.64 bits per heavy atom. The monoisotopic (exact) mass is 216 g/mol. The summed E-state index contributed by atoms with van der Waals surface area (Å²) in [7, 11) is 1.61. The SMILES string of the molecule is CNC(=O)C(C(=NO)SC)C1(C)CC1. The van der Waals surface area contributed by atoms with Crippen LogP contribution >= 0.6 is 11.8 Å². The molecular weight excluding hydrogens is 200 g/mol. The quantitative estimate of drug-likeness (QED) is 0.323. The van der Waals surface area contributed by atoms with E-state index in [2.05, 4.69) is 10.5 Å². The third-order valence-corrected chi connectivity index (χ3v) is 3.53. The van der Waals surface area contributed by atoms with Crippen molar-refractivity contribution in [2.75, 3.05) is 13.3 Å². The molecule has 80 valence electrons. The highest BCUT2D eigenvalue weighted by atomic mass is 32.2. The standard InChI is InChI=1S/C9H16N2O2S/c1-9(4-5-9)6(7(12)10-2)8(11-13)14-3/h6,13H,4-5H2,1-3H3,(H,10,12). The van der Waals surface area contributed by atoms with E-state index in [9.17, 15) is 4.79 Å². The van der Waals surface area contributed by atoms with Gasteiger partial charge in [-0.15, -0.1) is 11.8 Å². The summed E-state index contributed by atoms with van der Waals surface area (Å²) in [5, 5.41) is 15.1. The molecule has 1 atom stereocenters. The fraction of sp³-hybridized carbons (Fsp3) is 0.778. The van der Waals surface area contributed by atoms with Crippen molar-refractivity contribution in [3.05, 3.63) is 0 Å². The summed E-state index contributed by atoms with van der Waals surface area (Å²) in [6.45, 7) is 2.05. The summed E-state index contributed by atoms with van der Waals surface area (Å²) >= 11 is 1.33. The molecule has 4 nitrogen and oxygen atoms in total. The van der Waals surface area contributed by atoms with Gasteiger partial charge in [-0.2, -0.15) is 0 Å². The molecule has 0 aromatic rings. The van der Waals surface area contributed by atoms with E-state index in [-0.39, 0.29) is 17.2 Å². The molecule has 0 aromatic carbocycles. The summed E-state index contributed by atoms with van der Waals surface area (Å²) in [5.41, 5.74) is -0.00926. The number of hydrogen-bond donors (Lipinski definition) is 2. The average molecular weight is 216 g/mol. The van der Waals surface area contributed by atoms with Crippen molar-refractivity contribution in [2.24, 2.45) is 16.5 Å². The summed E-state index contributed by atoms with van der Waals surface area (Å²) < 4.78 is 0.